The van der Waals surface area contributed by atoms with Crippen molar-refractivity contribution in [1.29, 1.82) is 0 Å². The molecule has 0 fully saturated rings. The second kappa shape index (κ2) is 9.37. The average Bonchev–Trinajstić information content (AvgIpc) is 2.75. The number of anilines is 2. The third kappa shape index (κ3) is 5.14. The maximum Gasteiger partial charge on any atom is 0.418 e. The number of alkyl halides is 3. The van der Waals surface area contributed by atoms with Crippen molar-refractivity contribution >= 4 is 17.4 Å². The van der Waals surface area contributed by atoms with Crippen LogP contribution in [-0.4, -0.2) is 30.2 Å². The number of benzene rings is 2. The number of hydrogen-bond donors (Lipinski definition) is 2. The third-order valence-electron chi connectivity index (χ3n) is 4.03. The molecule has 2 amide bonds. The van der Waals surface area contributed by atoms with E-state index in [9.17, 15) is 22.4 Å². The van der Waals surface area contributed by atoms with Gasteiger partial charge in [-0.1, -0.05) is 6.07 Å². The van der Waals surface area contributed by atoms with Crippen LogP contribution in [0.3, 0.4) is 0 Å². The van der Waals surface area contributed by atoms with E-state index in [2.05, 4.69) is 15.3 Å². The molecule has 2 N–H and O–H groups in total. The quantitative estimate of drug-likeness (QED) is 0.506. The Morgan fingerprint density at radius 1 is 1.00 bits per heavy atom. The zero-order valence-corrected chi connectivity index (χ0v) is 16.7. The molecule has 12 heteroatoms. The van der Waals surface area contributed by atoms with Gasteiger partial charge in [-0.25, -0.2) is 14.2 Å². The van der Waals surface area contributed by atoms with Gasteiger partial charge in [0.05, 0.1) is 31.7 Å². The second-order valence-corrected chi connectivity index (χ2v) is 6.10. The van der Waals surface area contributed by atoms with Crippen molar-refractivity contribution in [3.05, 3.63) is 60.3 Å². The molecule has 0 unspecified atom stereocenters. The number of urea groups is 1. The molecule has 32 heavy (non-hydrogen) atoms. The van der Waals surface area contributed by atoms with Crippen LogP contribution < -0.4 is 24.8 Å². The minimum absolute atomic E-state index is 0.0504. The van der Waals surface area contributed by atoms with Gasteiger partial charge in [-0.05, 0) is 30.3 Å². The molecule has 0 radical (unpaired) electrons. The van der Waals surface area contributed by atoms with Crippen molar-refractivity contribution in [2.75, 3.05) is 24.9 Å². The Balaban J connectivity index is 1.83. The number of para-hydroxylation sites is 1. The number of carbonyl (C=O) groups excluding carboxylic acids is 1. The van der Waals surface area contributed by atoms with Gasteiger partial charge < -0.3 is 24.8 Å². The van der Waals surface area contributed by atoms with Gasteiger partial charge in [0, 0.05) is 0 Å². The molecule has 1 heterocycles. The van der Waals surface area contributed by atoms with Crippen LogP contribution >= 0.6 is 0 Å². The second-order valence-electron chi connectivity index (χ2n) is 6.10. The highest BCUT2D eigenvalue weighted by Crippen LogP contribution is 2.40. The standard InChI is InChI=1S/C20H16F4N4O4/c1-30-15-4-3-5-16(17(15)31-2)32-18-14(9-25-10-26-18)28-19(29)27-13-7-6-11(21)8-12(13)20(22,23)24/h3-10H,1-2H3,(H2,27,28,29). The summed E-state index contributed by atoms with van der Waals surface area (Å²) in [6.45, 7) is 0. The zero-order chi connectivity index (χ0) is 23.3. The van der Waals surface area contributed by atoms with Crippen molar-refractivity contribution in [2.24, 2.45) is 0 Å². The van der Waals surface area contributed by atoms with Gasteiger partial charge in [0.15, 0.2) is 11.5 Å². The fourth-order valence-electron chi connectivity index (χ4n) is 2.66. The molecule has 0 atom stereocenters. The number of amides is 2. The number of methoxy groups -OCH3 is 2. The van der Waals surface area contributed by atoms with Crippen LogP contribution in [0.25, 0.3) is 0 Å². The van der Waals surface area contributed by atoms with E-state index in [4.69, 9.17) is 14.2 Å². The summed E-state index contributed by atoms with van der Waals surface area (Å²) in [5.41, 5.74) is -2.02. The Kier molecular flexibility index (Phi) is 6.61. The van der Waals surface area contributed by atoms with E-state index in [-0.39, 0.29) is 29.1 Å². The smallest absolute Gasteiger partial charge is 0.418 e. The van der Waals surface area contributed by atoms with Gasteiger partial charge in [0.1, 0.15) is 17.8 Å². The summed E-state index contributed by atoms with van der Waals surface area (Å²) < 4.78 is 68.8. The summed E-state index contributed by atoms with van der Waals surface area (Å²) in [5, 5.41) is 4.34. The molecule has 3 rings (SSSR count). The molecule has 1 aromatic heterocycles. The van der Waals surface area contributed by atoms with E-state index in [1.165, 1.54) is 20.4 Å². The van der Waals surface area contributed by atoms with Crippen molar-refractivity contribution in [3.63, 3.8) is 0 Å². The van der Waals surface area contributed by atoms with E-state index in [0.29, 0.717) is 5.75 Å². The molecule has 2 aromatic carbocycles. The maximum absolute atomic E-state index is 13.3. The first-order valence-electron chi connectivity index (χ1n) is 8.86. The first-order valence-corrected chi connectivity index (χ1v) is 8.86. The van der Waals surface area contributed by atoms with Gasteiger partial charge in [0.2, 0.25) is 11.6 Å². The van der Waals surface area contributed by atoms with Crippen molar-refractivity contribution in [1.82, 2.24) is 9.97 Å². The van der Waals surface area contributed by atoms with Crippen LogP contribution in [0.15, 0.2) is 48.9 Å². The lowest BCUT2D eigenvalue weighted by molar-refractivity contribution is -0.137. The molecule has 0 spiro atoms. The van der Waals surface area contributed by atoms with Gasteiger partial charge in [0.25, 0.3) is 0 Å². The number of carbonyl (C=O) groups is 1. The Hall–Kier alpha value is -4.09. The first-order chi connectivity index (χ1) is 15.2. The summed E-state index contributed by atoms with van der Waals surface area (Å²) in [5.74, 6) is -0.376. The Morgan fingerprint density at radius 2 is 1.72 bits per heavy atom. The van der Waals surface area contributed by atoms with E-state index in [1.54, 1.807) is 18.2 Å². The normalized spacial score (nSPS) is 10.9. The summed E-state index contributed by atoms with van der Waals surface area (Å²) in [4.78, 5) is 20.0. The van der Waals surface area contributed by atoms with Crippen LogP contribution in [0.4, 0.5) is 33.7 Å². The zero-order valence-electron chi connectivity index (χ0n) is 16.7. The molecule has 3 aromatic rings. The minimum atomic E-state index is -4.88. The lowest BCUT2D eigenvalue weighted by atomic mass is 10.1. The molecule has 168 valence electrons. The summed E-state index contributed by atoms with van der Waals surface area (Å²) in [7, 11) is 2.84. The largest absolute Gasteiger partial charge is 0.493 e. The monoisotopic (exact) mass is 452 g/mol. The predicted molar refractivity (Wildman–Crippen MR) is 106 cm³/mol. The number of hydrogen-bond acceptors (Lipinski definition) is 6. The Bertz CT molecular complexity index is 1120. The molecular weight excluding hydrogens is 436 g/mol. The van der Waals surface area contributed by atoms with Crippen LogP contribution in [-0.2, 0) is 6.18 Å². The Labute approximate surface area is 179 Å². The molecule has 8 nitrogen and oxygen atoms in total. The minimum Gasteiger partial charge on any atom is -0.493 e. The highest BCUT2D eigenvalue weighted by Gasteiger charge is 2.34. The number of halogens is 4. The average molecular weight is 452 g/mol. The lowest BCUT2D eigenvalue weighted by Crippen LogP contribution is -2.22. The van der Waals surface area contributed by atoms with Gasteiger partial charge in [-0.2, -0.15) is 18.2 Å². The molecule has 0 saturated heterocycles. The van der Waals surface area contributed by atoms with E-state index in [1.807, 2.05) is 5.32 Å². The topological polar surface area (TPSA) is 94.6 Å². The predicted octanol–water partition coefficient (Wildman–Crippen LogP) is 5.09. The highest BCUT2D eigenvalue weighted by atomic mass is 19.4. The number of aromatic nitrogens is 2. The highest BCUT2D eigenvalue weighted by molar-refractivity contribution is 6.00. The van der Waals surface area contributed by atoms with E-state index >= 15 is 0 Å². The summed E-state index contributed by atoms with van der Waals surface area (Å²) >= 11 is 0. The van der Waals surface area contributed by atoms with Crippen molar-refractivity contribution in [2.45, 2.75) is 6.18 Å². The van der Waals surface area contributed by atoms with Crippen molar-refractivity contribution < 1.29 is 36.6 Å². The number of nitrogens with zero attached hydrogens (tertiary/aromatic N) is 2. The lowest BCUT2D eigenvalue weighted by Gasteiger charge is -2.16. The Morgan fingerprint density at radius 3 is 2.41 bits per heavy atom. The van der Waals surface area contributed by atoms with Crippen molar-refractivity contribution in [3.8, 4) is 23.1 Å². The summed E-state index contributed by atoms with van der Waals surface area (Å²) in [6, 6.07) is 5.65. The van der Waals surface area contributed by atoms with Crippen LogP contribution in [0.2, 0.25) is 0 Å². The van der Waals surface area contributed by atoms with Crippen LogP contribution in [0.5, 0.6) is 23.1 Å². The van der Waals surface area contributed by atoms with Crippen LogP contribution in [0, 0.1) is 5.82 Å². The SMILES string of the molecule is COc1cccc(Oc2ncncc2NC(=O)Nc2ccc(F)cc2C(F)(F)F)c1OC. The maximum atomic E-state index is 13.3. The van der Waals surface area contributed by atoms with Gasteiger partial charge in [-0.15, -0.1) is 0 Å². The number of ether oxygens (including phenoxy) is 3. The fraction of sp³-hybridized carbons (Fsp3) is 0.150. The van der Waals surface area contributed by atoms with Gasteiger partial charge >= 0.3 is 12.2 Å². The van der Waals surface area contributed by atoms with Gasteiger partial charge in [-0.3, -0.25) is 0 Å². The fourth-order valence-corrected chi connectivity index (χ4v) is 2.66. The first kappa shape index (κ1) is 22.6. The number of nitrogens with one attached hydrogen (secondary N) is 2. The molecular formula is C20H16F4N4O4. The molecule has 0 saturated carbocycles. The number of rotatable bonds is 6. The van der Waals surface area contributed by atoms with E-state index < -0.39 is 29.3 Å². The van der Waals surface area contributed by atoms with Crippen LogP contribution in [0.1, 0.15) is 5.56 Å². The third-order valence-corrected chi connectivity index (χ3v) is 4.03. The molecule has 0 aliphatic rings. The molecule has 0 aliphatic heterocycles. The van der Waals surface area contributed by atoms with E-state index in [0.717, 1.165) is 18.5 Å². The summed E-state index contributed by atoms with van der Waals surface area (Å²) in [6.07, 6.45) is -2.55. The molecule has 0 bridgehead atoms. The molecule has 0 aliphatic carbocycles.